The number of hydrogen-bond acceptors (Lipinski definition) is 3. The first kappa shape index (κ1) is 41.9. The summed E-state index contributed by atoms with van der Waals surface area (Å²) in [4.78, 5) is 0. The van der Waals surface area contributed by atoms with Gasteiger partial charge in [-0.1, -0.05) is 30.3 Å². The van der Waals surface area contributed by atoms with E-state index in [9.17, 15) is 0 Å². The molecule has 1 aliphatic carbocycles. The van der Waals surface area contributed by atoms with Gasteiger partial charge in [-0.25, -0.2) is 0 Å². The molecule has 0 bridgehead atoms. The Morgan fingerprint density at radius 1 is 0.357 bits per heavy atom. The van der Waals surface area contributed by atoms with Crippen molar-refractivity contribution in [2.24, 2.45) is 0 Å². The molecule has 0 saturated heterocycles. The molecule has 0 saturated carbocycles. The Labute approximate surface area is 414 Å². The SMILES string of the molecule is Cc1cc2c(c(-c3nnnc(-c4c(-c5ccccc5)ccc(-c5ccccc5-c5ccccc5)c4-c4cccc5[se]c6ccccc6c45)c3-c3ccccc3-c3ccccc3)c1C)Cc1ccccc1-2. The summed E-state index contributed by atoms with van der Waals surface area (Å²) in [5.74, 6) is 0. The predicted molar refractivity (Wildman–Crippen MR) is 293 cm³/mol. The summed E-state index contributed by atoms with van der Waals surface area (Å²) in [5, 5.41) is 18.2. The molecule has 0 spiro atoms. The van der Waals surface area contributed by atoms with E-state index in [1.807, 2.05) is 0 Å². The van der Waals surface area contributed by atoms with Crippen LogP contribution in [-0.2, 0) is 6.42 Å². The molecule has 13 rings (SSSR count). The van der Waals surface area contributed by atoms with Gasteiger partial charge < -0.3 is 0 Å². The normalized spacial score (nSPS) is 11.8. The molecule has 0 radical (unpaired) electrons. The molecule has 70 heavy (non-hydrogen) atoms. The van der Waals surface area contributed by atoms with Crippen LogP contribution in [0.1, 0.15) is 22.3 Å². The number of hydrogen-bond donors (Lipinski definition) is 0. The minimum atomic E-state index is 0.144. The van der Waals surface area contributed by atoms with Crippen LogP contribution in [0.4, 0.5) is 0 Å². The molecule has 0 aliphatic heterocycles. The molecular formula is C66H45N3Se. The van der Waals surface area contributed by atoms with Crippen LogP contribution in [0.3, 0.4) is 0 Å². The molecule has 0 atom stereocenters. The van der Waals surface area contributed by atoms with Crippen molar-refractivity contribution >= 4 is 33.8 Å². The van der Waals surface area contributed by atoms with Crippen LogP contribution in [0.15, 0.2) is 224 Å². The van der Waals surface area contributed by atoms with Gasteiger partial charge >= 0.3 is 386 Å². The molecular weight excluding hydrogens is 914 g/mol. The molecule has 0 fully saturated rings. The second-order valence-corrected chi connectivity index (χ2v) is 20.6. The second-order valence-electron chi connectivity index (χ2n) is 18.3. The maximum atomic E-state index is 5.40. The number of aryl methyl sites for hydroxylation is 1. The fourth-order valence-corrected chi connectivity index (χ4v) is 13.5. The van der Waals surface area contributed by atoms with E-state index in [1.165, 1.54) is 63.8 Å². The standard InChI is InChI=1S/C66H45N3Se/c1-41-39-56-49-30-13-12-27-46(49)40-57(56)60(42(41)2)65-64(52-32-17-15-29-48(52)44-23-8-4-9-24-44)66(68-69-67-65)63-50(45-25-10-5-11-26-45)37-38-53(51-31-16-14-28-47(51)43-21-6-3-7-22-43)62(63)55-34-20-36-59-61(55)54-33-18-19-35-58(54)70-59/h3-39H,40H2,1-2H3. The van der Waals surface area contributed by atoms with Gasteiger partial charge in [-0.05, 0) is 0 Å². The van der Waals surface area contributed by atoms with Gasteiger partial charge in [0.05, 0.1) is 0 Å². The van der Waals surface area contributed by atoms with E-state index in [4.69, 9.17) is 15.4 Å². The quantitative estimate of drug-likeness (QED) is 0.142. The smallest absolute Gasteiger partial charge is 0.0619 e. The summed E-state index contributed by atoms with van der Waals surface area (Å²) in [6.07, 6.45) is 0.810. The van der Waals surface area contributed by atoms with Gasteiger partial charge in [0, 0.05) is 0 Å². The molecule has 2 heterocycles. The summed E-state index contributed by atoms with van der Waals surface area (Å²) in [5.41, 5.74) is 24.7. The molecule has 12 aromatic rings. The Hall–Kier alpha value is -8.27. The zero-order valence-electron chi connectivity index (χ0n) is 38.8. The molecule has 0 unspecified atom stereocenters. The van der Waals surface area contributed by atoms with Crippen molar-refractivity contribution < 1.29 is 0 Å². The van der Waals surface area contributed by atoms with Gasteiger partial charge in [-0.2, -0.15) is 0 Å². The van der Waals surface area contributed by atoms with Crippen LogP contribution in [-0.4, -0.2) is 29.9 Å². The molecule has 1 aliphatic rings. The van der Waals surface area contributed by atoms with E-state index >= 15 is 0 Å². The molecule has 3 nitrogen and oxygen atoms in total. The first-order valence-electron chi connectivity index (χ1n) is 24.0. The molecule has 0 N–H and O–H groups in total. The number of benzene rings is 10. The Balaban J connectivity index is 1.24. The van der Waals surface area contributed by atoms with E-state index in [0.717, 1.165) is 84.6 Å². The monoisotopic (exact) mass is 959 g/mol. The van der Waals surface area contributed by atoms with Crippen LogP contribution in [0.5, 0.6) is 0 Å². The van der Waals surface area contributed by atoms with E-state index < -0.39 is 0 Å². The van der Waals surface area contributed by atoms with Crippen molar-refractivity contribution in [3.63, 3.8) is 0 Å². The summed E-state index contributed by atoms with van der Waals surface area (Å²) in [7, 11) is 0. The van der Waals surface area contributed by atoms with Gasteiger partial charge in [-0.15, -0.1) is 0 Å². The molecule has 2 aromatic heterocycles. The van der Waals surface area contributed by atoms with Gasteiger partial charge in [0.2, 0.25) is 0 Å². The number of nitrogens with zero attached hydrogens (tertiary/aromatic N) is 3. The van der Waals surface area contributed by atoms with Gasteiger partial charge in [0.15, 0.2) is 0 Å². The average molecular weight is 959 g/mol. The second kappa shape index (κ2) is 17.4. The Kier molecular flexibility index (Phi) is 10.4. The third-order valence-electron chi connectivity index (χ3n) is 14.4. The third kappa shape index (κ3) is 6.91. The van der Waals surface area contributed by atoms with E-state index in [0.29, 0.717) is 0 Å². The molecule has 330 valence electrons. The van der Waals surface area contributed by atoms with Gasteiger partial charge in [0.25, 0.3) is 0 Å². The third-order valence-corrected chi connectivity index (χ3v) is 16.8. The summed E-state index contributed by atoms with van der Waals surface area (Å²) in [6, 6.07) is 82.0. The van der Waals surface area contributed by atoms with Crippen molar-refractivity contribution in [1.82, 2.24) is 15.4 Å². The van der Waals surface area contributed by atoms with Gasteiger partial charge in [0.1, 0.15) is 0 Å². The fourth-order valence-electron chi connectivity index (χ4n) is 11.1. The number of rotatable bonds is 8. The minimum Gasteiger partial charge on any atom is -0.0619 e. The summed E-state index contributed by atoms with van der Waals surface area (Å²) in [6.45, 7) is 4.50. The van der Waals surface area contributed by atoms with Crippen LogP contribution >= 0.6 is 0 Å². The van der Waals surface area contributed by atoms with Crippen LogP contribution < -0.4 is 0 Å². The molecule has 0 amide bonds. The zero-order valence-corrected chi connectivity index (χ0v) is 40.5. The fraction of sp³-hybridized carbons (Fsp3) is 0.0455. The molecule has 4 heteroatoms. The van der Waals surface area contributed by atoms with Crippen LogP contribution in [0.2, 0.25) is 0 Å². The van der Waals surface area contributed by atoms with Crippen molar-refractivity contribution in [2.75, 3.05) is 0 Å². The average Bonchev–Trinajstić information content (AvgIpc) is 4.00. The first-order chi connectivity index (χ1) is 34.6. The van der Waals surface area contributed by atoms with Crippen LogP contribution in [0.25, 0.3) is 120 Å². The van der Waals surface area contributed by atoms with Gasteiger partial charge in [-0.3, -0.25) is 0 Å². The first-order valence-corrected chi connectivity index (χ1v) is 25.7. The summed E-state index contributed by atoms with van der Waals surface area (Å²) >= 11 is 0.144. The Morgan fingerprint density at radius 2 is 0.871 bits per heavy atom. The topological polar surface area (TPSA) is 38.7 Å². The van der Waals surface area contributed by atoms with Crippen LogP contribution in [0, 0.1) is 13.8 Å². The summed E-state index contributed by atoms with van der Waals surface area (Å²) < 4.78 is 2.78. The van der Waals surface area contributed by atoms with Crippen molar-refractivity contribution in [2.45, 2.75) is 20.3 Å². The van der Waals surface area contributed by atoms with E-state index in [-0.39, 0.29) is 14.5 Å². The Bertz CT molecular complexity index is 3990. The van der Waals surface area contributed by atoms with Crippen molar-refractivity contribution in [3.8, 4) is 100 Å². The van der Waals surface area contributed by atoms with E-state index in [2.05, 4.69) is 238 Å². The van der Waals surface area contributed by atoms with E-state index in [1.54, 1.807) is 0 Å². The molecule has 10 aromatic carbocycles. The van der Waals surface area contributed by atoms with Crippen molar-refractivity contribution in [3.05, 3.63) is 247 Å². The zero-order chi connectivity index (χ0) is 46.7. The number of aromatic nitrogens is 3. The maximum absolute atomic E-state index is 5.40. The number of fused-ring (bicyclic) bond motifs is 6. The minimum absolute atomic E-state index is 0.144. The predicted octanol–water partition coefficient (Wildman–Crippen LogP) is 16.8. The Morgan fingerprint density at radius 3 is 1.57 bits per heavy atom. The van der Waals surface area contributed by atoms with Crippen molar-refractivity contribution in [1.29, 1.82) is 0 Å².